The Bertz CT molecular complexity index is 565. The molecule has 12 atom stereocenters. The zero-order valence-corrected chi connectivity index (χ0v) is 17.8. The summed E-state index contributed by atoms with van der Waals surface area (Å²) in [6.45, 7) is 2.41. The Morgan fingerprint density at radius 1 is 0.906 bits per heavy atom. The Balaban J connectivity index is 0.000000482. The van der Waals surface area contributed by atoms with Gasteiger partial charge in [0.1, 0.15) is 54.9 Å². The molecule has 14 nitrogen and oxygen atoms in total. The van der Waals surface area contributed by atoms with Gasteiger partial charge in [-0.3, -0.25) is 4.79 Å². The van der Waals surface area contributed by atoms with Gasteiger partial charge < -0.3 is 65.9 Å². The number of aliphatic carboxylic acids is 1. The second-order valence-corrected chi connectivity index (χ2v) is 7.78. The Hall–Kier alpha value is -1.01. The summed E-state index contributed by atoms with van der Waals surface area (Å²) in [5, 5.41) is 84.8. The number of carbonyl (C=O) groups is 1. The normalized spacial score (nSPS) is 41.8. The van der Waals surface area contributed by atoms with Gasteiger partial charge in [0.05, 0.1) is 13.2 Å². The molecule has 0 spiro atoms. The average Bonchev–Trinajstić information content (AvgIpc) is 2.78. The molecule has 32 heavy (non-hydrogen) atoms. The molecule has 0 aromatic carbocycles. The number of hydrogen-bond donors (Lipinski definition) is 10. The molecular weight excluding hydrogens is 438 g/mol. The van der Waals surface area contributed by atoms with Gasteiger partial charge in [0.15, 0.2) is 12.6 Å². The molecule has 0 amide bonds. The summed E-state index contributed by atoms with van der Waals surface area (Å²) in [7, 11) is 0. The molecule has 2 saturated heterocycles. The topological polar surface area (TPSA) is 253 Å². The van der Waals surface area contributed by atoms with E-state index in [1.165, 1.54) is 0 Å². The van der Waals surface area contributed by atoms with Gasteiger partial charge in [0, 0.05) is 0 Å². The van der Waals surface area contributed by atoms with Crippen LogP contribution in [0.25, 0.3) is 0 Å². The van der Waals surface area contributed by atoms with Crippen LogP contribution < -0.4 is 5.73 Å². The van der Waals surface area contributed by atoms with Crippen LogP contribution in [0.15, 0.2) is 0 Å². The highest BCUT2D eigenvalue weighted by atomic mass is 16.7. The molecule has 2 heterocycles. The van der Waals surface area contributed by atoms with Gasteiger partial charge in [0.2, 0.25) is 0 Å². The van der Waals surface area contributed by atoms with Gasteiger partial charge in [-0.05, 0) is 5.92 Å². The van der Waals surface area contributed by atoms with E-state index in [9.17, 15) is 40.5 Å². The molecule has 2 aliphatic rings. The summed E-state index contributed by atoms with van der Waals surface area (Å²) in [5.41, 5.74) is 5.27. The maximum atomic E-state index is 10.2. The van der Waals surface area contributed by atoms with Gasteiger partial charge in [-0.2, -0.15) is 0 Å². The lowest BCUT2D eigenvalue weighted by atomic mass is 9.97. The molecule has 14 heteroatoms. The van der Waals surface area contributed by atoms with E-state index in [-0.39, 0.29) is 5.92 Å². The van der Waals surface area contributed by atoms with Gasteiger partial charge >= 0.3 is 5.97 Å². The molecule has 0 aromatic rings. The van der Waals surface area contributed by atoms with E-state index < -0.39 is 86.6 Å². The van der Waals surface area contributed by atoms with Crippen molar-refractivity contribution in [2.45, 2.75) is 87.7 Å². The van der Waals surface area contributed by atoms with Crippen molar-refractivity contribution in [3.63, 3.8) is 0 Å². The molecular formula is C18H35NO13. The standard InChI is InChI=1S/C12H22O11.C6H13NO2/c13-1-3-5(15)6(16)9(19)12(22-3)23-10-4(2-14)21-11(20)8(18)7(10)17;1-3-4(2)5(7)6(8)9/h3-20H,1-2H2;4-5H,3,7H2,1-2H3,(H,8,9)/t3-,4-,5-,6+,7-,8-,9-,10-,11-,12-;4-,5-/m10/s1. The Morgan fingerprint density at radius 3 is 1.91 bits per heavy atom. The van der Waals surface area contributed by atoms with Crippen LogP contribution >= 0.6 is 0 Å². The van der Waals surface area contributed by atoms with Crippen molar-refractivity contribution in [2.24, 2.45) is 11.7 Å². The Morgan fingerprint density at radius 2 is 1.47 bits per heavy atom. The molecule has 2 fully saturated rings. The van der Waals surface area contributed by atoms with E-state index in [2.05, 4.69) is 0 Å². The highest BCUT2D eigenvalue weighted by Crippen LogP contribution is 2.28. The fourth-order valence-electron chi connectivity index (χ4n) is 3.07. The first-order chi connectivity index (χ1) is 14.9. The monoisotopic (exact) mass is 473 g/mol. The van der Waals surface area contributed by atoms with Crippen LogP contribution in [0.1, 0.15) is 20.3 Å². The smallest absolute Gasteiger partial charge is 0.320 e. The fraction of sp³-hybridized carbons (Fsp3) is 0.944. The lowest BCUT2D eigenvalue weighted by Gasteiger charge is -2.45. The van der Waals surface area contributed by atoms with Crippen LogP contribution in [0.5, 0.6) is 0 Å². The van der Waals surface area contributed by atoms with E-state index in [0.29, 0.717) is 0 Å². The summed E-state index contributed by atoms with van der Waals surface area (Å²) in [6.07, 6.45) is -14.8. The SMILES string of the molecule is CC[C@H](C)[C@H](N)C(=O)O.OC[C@H]1O[C@H](O[C@H]2[C@H](O)[C@@H](O)[C@H](O)O[C@@H]2CO)[C@H](O)[C@@H](O)[C@@H]1O. The predicted molar refractivity (Wildman–Crippen MR) is 104 cm³/mol. The summed E-state index contributed by atoms with van der Waals surface area (Å²) in [6, 6.07) is -0.699. The maximum Gasteiger partial charge on any atom is 0.320 e. The molecule has 11 N–H and O–H groups in total. The third kappa shape index (κ3) is 6.99. The minimum absolute atomic E-state index is 0.0718. The number of carboxylic acid groups (broad SMARTS) is 1. The van der Waals surface area contributed by atoms with Gasteiger partial charge in [-0.15, -0.1) is 0 Å². The summed E-state index contributed by atoms with van der Waals surface area (Å²) in [4.78, 5) is 10.2. The van der Waals surface area contributed by atoms with Crippen LogP contribution in [0.4, 0.5) is 0 Å². The molecule has 0 aromatic heterocycles. The van der Waals surface area contributed by atoms with E-state index in [1.54, 1.807) is 0 Å². The number of rotatable bonds is 7. The minimum Gasteiger partial charge on any atom is -0.480 e. The molecule has 2 aliphatic heterocycles. The van der Waals surface area contributed by atoms with Crippen LogP contribution in [0.3, 0.4) is 0 Å². The number of aliphatic hydroxyl groups excluding tert-OH is 8. The van der Waals surface area contributed by atoms with E-state index in [1.807, 2.05) is 13.8 Å². The van der Waals surface area contributed by atoms with Crippen molar-refractivity contribution < 1.29 is 65.0 Å². The summed E-state index contributed by atoms with van der Waals surface area (Å²) in [5.74, 6) is -0.841. The van der Waals surface area contributed by atoms with E-state index in [0.717, 1.165) is 6.42 Å². The summed E-state index contributed by atoms with van der Waals surface area (Å²) >= 11 is 0. The number of ether oxygens (including phenoxy) is 3. The number of aliphatic hydroxyl groups is 8. The molecule has 0 unspecified atom stereocenters. The lowest BCUT2D eigenvalue weighted by molar-refractivity contribution is -0.355. The highest BCUT2D eigenvalue weighted by Gasteiger charge is 2.50. The van der Waals surface area contributed by atoms with Gasteiger partial charge in [-0.25, -0.2) is 0 Å². The van der Waals surface area contributed by atoms with Crippen molar-refractivity contribution in [1.82, 2.24) is 0 Å². The molecule has 0 radical (unpaired) electrons. The third-order valence-electron chi connectivity index (χ3n) is 5.52. The van der Waals surface area contributed by atoms with Gasteiger partial charge in [-0.1, -0.05) is 20.3 Å². The van der Waals surface area contributed by atoms with Crippen LogP contribution in [-0.2, 0) is 19.0 Å². The predicted octanol–water partition coefficient (Wildman–Crippen LogP) is -4.95. The first-order valence-corrected chi connectivity index (χ1v) is 10.2. The second kappa shape index (κ2) is 13.0. The fourth-order valence-corrected chi connectivity index (χ4v) is 3.07. The quantitative estimate of drug-likeness (QED) is 0.166. The summed E-state index contributed by atoms with van der Waals surface area (Å²) < 4.78 is 15.3. The third-order valence-corrected chi connectivity index (χ3v) is 5.52. The average molecular weight is 473 g/mol. The molecule has 0 aliphatic carbocycles. The van der Waals surface area contributed by atoms with E-state index >= 15 is 0 Å². The van der Waals surface area contributed by atoms with Gasteiger partial charge in [0.25, 0.3) is 0 Å². The van der Waals surface area contributed by atoms with Crippen LogP contribution in [-0.4, -0.2) is 133 Å². The lowest BCUT2D eigenvalue weighted by Crippen LogP contribution is -2.64. The Kier molecular flexibility index (Phi) is 11.8. The zero-order chi connectivity index (χ0) is 24.7. The van der Waals surface area contributed by atoms with Crippen molar-refractivity contribution in [3.8, 4) is 0 Å². The Labute approximate surface area is 184 Å². The molecule has 2 rings (SSSR count). The number of nitrogens with two attached hydrogens (primary N) is 1. The first-order valence-electron chi connectivity index (χ1n) is 10.2. The number of hydrogen-bond acceptors (Lipinski definition) is 13. The van der Waals surface area contributed by atoms with Crippen molar-refractivity contribution in [2.75, 3.05) is 13.2 Å². The zero-order valence-electron chi connectivity index (χ0n) is 17.8. The number of carboxylic acids is 1. The highest BCUT2D eigenvalue weighted by molar-refractivity contribution is 5.73. The largest absolute Gasteiger partial charge is 0.480 e. The van der Waals surface area contributed by atoms with Crippen LogP contribution in [0.2, 0.25) is 0 Å². The maximum absolute atomic E-state index is 10.2. The van der Waals surface area contributed by atoms with Crippen molar-refractivity contribution in [3.05, 3.63) is 0 Å². The van der Waals surface area contributed by atoms with Crippen molar-refractivity contribution >= 4 is 5.97 Å². The van der Waals surface area contributed by atoms with Crippen molar-refractivity contribution in [1.29, 1.82) is 0 Å². The second-order valence-electron chi connectivity index (χ2n) is 7.78. The minimum atomic E-state index is -1.74. The molecule has 0 bridgehead atoms. The molecule has 190 valence electrons. The van der Waals surface area contributed by atoms with E-state index in [4.69, 9.17) is 30.2 Å². The first kappa shape index (κ1) is 29.0. The van der Waals surface area contributed by atoms with Crippen LogP contribution in [0, 0.1) is 5.92 Å². The molecule has 0 saturated carbocycles.